The normalized spacial score (nSPS) is 13.0. The summed E-state index contributed by atoms with van der Waals surface area (Å²) >= 11 is 5.93. The molecule has 1 N–H and O–H groups in total. The van der Waals surface area contributed by atoms with E-state index in [1.165, 1.54) is 5.56 Å². The fourth-order valence-corrected chi connectivity index (χ4v) is 1.37. The largest absolute Gasteiger partial charge is 0.393 e. The Hall–Kier alpha value is -0.530. The maximum atomic E-state index is 9.16. The molecule has 0 aliphatic rings. The van der Waals surface area contributed by atoms with Gasteiger partial charge >= 0.3 is 0 Å². The van der Waals surface area contributed by atoms with E-state index in [9.17, 15) is 0 Å². The van der Waals surface area contributed by atoms with Crippen LogP contribution in [0.5, 0.6) is 0 Å². The van der Waals surface area contributed by atoms with Crippen LogP contribution in [0.15, 0.2) is 18.2 Å². The SMILES string of the molecule is Cc1ccc(Cl)c(C[C@@H](C)O)c1. The number of aliphatic hydroxyl groups excluding tert-OH is 1. The maximum Gasteiger partial charge on any atom is 0.0552 e. The molecule has 1 rings (SSSR count). The van der Waals surface area contributed by atoms with Crippen LogP contribution in [-0.2, 0) is 6.42 Å². The zero-order valence-electron chi connectivity index (χ0n) is 7.34. The second-order valence-corrected chi connectivity index (χ2v) is 3.56. The highest BCUT2D eigenvalue weighted by molar-refractivity contribution is 6.31. The molecule has 0 spiro atoms. The van der Waals surface area contributed by atoms with E-state index in [2.05, 4.69) is 0 Å². The Balaban J connectivity index is 2.90. The van der Waals surface area contributed by atoms with Crippen molar-refractivity contribution in [3.63, 3.8) is 0 Å². The third-order valence-corrected chi connectivity index (χ3v) is 2.09. The maximum absolute atomic E-state index is 9.16. The van der Waals surface area contributed by atoms with Gasteiger partial charge < -0.3 is 5.11 Å². The first kappa shape index (κ1) is 9.56. The van der Waals surface area contributed by atoms with Gasteiger partial charge in [-0.25, -0.2) is 0 Å². The summed E-state index contributed by atoms with van der Waals surface area (Å²) in [6, 6.07) is 5.84. The van der Waals surface area contributed by atoms with E-state index in [-0.39, 0.29) is 6.10 Å². The minimum atomic E-state index is -0.329. The van der Waals surface area contributed by atoms with Crippen molar-refractivity contribution >= 4 is 11.6 Å². The fraction of sp³-hybridized carbons (Fsp3) is 0.400. The third kappa shape index (κ3) is 2.50. The van der Waals surface area contributed by atoms with Gasteiger partial charge in [0.2, 0.25) is 0 Å². The smallest absolute Gasteiger partial charge is 0.0552 e. The lowest BCUT2D eigenvalue weighted by Gasteiger charge is -2.07. The van der Waals surface area contributed by atoms with Crippen molar-refractivity contribution in [2.45, 2.75) is 26.4 Å². The Kier molecular flexibility index (Phi) is 3.12. The van der Waals surface area contributed by atoms with Crippen LogP contribution in [0.2, 0.25) is 5.02 Å². The number of rotatable bonds is 2. The third-order valence-electron chi connectivity index (χ3n) is 1.72. The number of hydrogen-bond acceptors (Lipinski definition) is 1. The molecule has 0 radical (unpaired) electrons. The molecule has 0 saturated heterocycles. The number of aliphatic hydroxyl groups is 1. The molecule has 0 bridgehead atoms. The van der Waals surface area contributed by atoms with E-state index in [0.29, 0.717) is 6.42 Å². The molecular formula is C10H13ClO. The first-order chi connectivity index (χ1) is 5.59. The summed E-state index contributed by atoms with van der Waals surface area (Å²) in [4.78, 5) is 0. The molecule has 1 aromatic rings. The van der Waals surface area contributed by atoms with Crippen molar-refractivity contribution in [2.75, 3.05) is 0 Å². The summed E-state index contributed by atoms with van der Waals surface area (Å²) in [5, 5.41) is 9.90. The molecule has 1 aromatic carbocycles. The van der Waals surface area contributed by atoms with Crippen molar-refractivity contribution in [1.82, 2.24) is 0 Å². The average molecular weight is 185 g/mol. The van der Waals surface area contributed by atoms with Crippen molar-refractivity contribution < 1.29 is 5.11 Å². The van der Waals surface area contributed by atoms with Crippen LogP contribution >= 0.6 is 11.6 Å². The molecule has 0 saturated carbocycles. The van der Waals surface area contributed by atoms with E-state index in [1.807, 2.05) is 25.1 Å². The predicted octanol–water partition coefficient (Wildman–Crippen LogP) is 2.57. The van der Waals surface area contributed by atoms with Crippen LogP contribution in [0, 0.1) is 6.92 Å². The highest BCUT2D eigenvalue weighted by Crippen LogP contribution is 2.18. The Bertz CT molecular complexity index is 269. The van der Waals surface area contributed by atoms with Gasteiger partial charge in [0.25, 0.3) is 0 Å². The lowest BCUT2D eigenvalue weighted by atomic mass is 10.1. The predicted molar refractivity (Wildman–Crippen MR) is 51.6 cm³/mol. The minimum absolute atomic E-state index is 0.329. The molecule has 0 aromatic heterocycles. The van der Waals surface area contributed by atoms with E-state index in [0.717, 1.165) is 10.6 Å². The van der Waals surface area contributed by atoms with Gasteiger partial charge in [-0.2, -0.15) is 0 Å². The molecule has 12 heavy (non-hydrogen) atoms. The van der Waals surface area contributed by atoms with E-state index in [4.69, 9.17) is 16.7 Å². The van der Waals surface area contributed by atoms with Gasteiger partial charge in [-0.1, -0.05) is 29.3 Å². The van der Waals surface area contributed by atoms with Crippen molar-refractivity contribution in [3.8, 4) is 0 Å². The summed E-state index contributed by atoms with van der Waals surface area (Å²) in [7, 11) is 0. The lowest BCUT2D eigenvalue weighted by molar-refractivity contribution is 0.195. The van der Waals surface area contributed by atoms with Gasteiger partial charge in [-0.3, -0.25) is 0 Å². The molecule has 66 valence electrons. The Morgan fingerprint density at radius 1 is 1.50 bits per heavy atom. The van der Waals surface area contributed by atoms with Crippen molar-refractivity contribution in [1.29, 1.82) is 0 Å². The zero-order valence-corrected chi connectivity index (χ0v) is 8.10. The second kappa shape index (κ2) is 3.92. The quantitative estimate of drug-likeness (QED) is 0.749. The molecule has 1 atom stereocenters. The van der Waals surface area contributed by atoms with Crippen LogP contribution < -0.4 is 0 Å². The standard InChI is InChI=1S/C10H13ClO/c1-7-3-4-10(11)9(5-7)6-8(2)12/h3-5,8,12H,6H2,1-2H3/t8-/m1/s1. The number of hydrogen-bond donors (Lipinski definition) is 1. The van der Waals surface area contributed by atoms with Gasteiger partial charge in [0, 0.05) is 5.02 Å². The average Bonchev–Trinajstić information content (AvgIpc) is 1.96. The van der Waals surface area contributed by atoms with E-state index in [1.54, 1.807) is 6.92 Å². The van der Waals surface area contributed by atoms with Gasteiger partial charge in [-0.15, -0.1) is 0 Å². The van der Waals surface area contributed by atoms with Gasteiger partial charge in [0.05, 0.1) is 6.10 Å². The molecule has 0 aliphatic carbocycles. The molecular weight excluding hydrogens is 172 g/mol. The van der Waals surface area contributed by atoms with Crippen LogP contribution in [0.3, 0.4) is 0 Å². The highest BCUT2D eigenvalue weighted by atomic mass is 35.5. The summed E-state index contributed by atoms with van der Waals surface area (Å²) in [5.41, 5.74) is 2.20. The molecule has 2 heteroatoms. The van der Waals surface area contributed by atoms with Crippen LogP contribution in [-0.4, -0.2) is 11.2 Å². The summed E-state index contributed by atoms with van der Waals surface area (Å²) < 4.78 is 0. The Morgan fingerprint density at radius 2 is 2.17 bits per heavy atom. The Labute approximate surface area is 78.0 Å². The zero-order chi connectivity index (χ0) is 9.14. The Morgan fingerprint density at radius 3 is 2.75 bits per heavy atom. The lowest BCUT2D eigenvalue weighted by Crippen LogP contribution is -2.04. The van der Waals surface area contributed by atoms with Gasteiger partial charge in [-0.05, 0) is 31.9 Å². The molecule has 0 aliphatic heterocycles. The summed E-state index contributed by atoms with van der Waals surface area (Å²) in [5.74, 6) is 0. The van der Waals surface area contributed by atoms with E-state index < -0.39 is 0 Å². The molecule has 1 nitrogen and oxygen atoms in total. The first-order valence-corrected chi connectivity index (χ1v) is 4.40. The monoisotopic (exact) mass is 184 g/mol. The van der Waals surface area contributed by atoms with Gasteiger partial charge in [0.15, 0.2) is 0 Å². The second-order valence-electron chi connectivity index (χ2n) is 3.15. The number of benzene rings is 1. The van der Waals surface area contributed by atoms with Gasteiger partial charge in [0.1, 0.15) is 0 Å². The molecule has 0 amide bonds. The first-order valence-electron chi connectivity index (χ1n) is 4.02. The molecule has 0 heterocycles. The number of aryl methyl sites for hydroxylation is 1. The van der Waals surface area contributed by atoms with Crippen molar-refractivity contribution in [2.24, 2.45) is 0 Å². The van der Waals surface area contributed by atoms with Crippen LogP contribution in [0.25, 0.3) is 0 Å². The fourth-order valence-electron chi connectivity index (χ4n) is 1.18. The number of halogens is 1. The topological polar surface area (TPSA) is 20.2 Å². The molecule has 0 fully saturated rings. The molecule has 0 unspecified atom stereocenters. The van der Waals surface area contributed by atoms with Crippen LogP contribution in [0.4, 0.5) is 0 Å². The van der Waals surface area contributed by atoms with Crippen molar-refractivity contribution in [3.05, 3.63) is 34.3 Å². The van der Waals surface area contributed by atoms with E-state index >= 15 is 0 Å². The summed E-state index contributed by atoms with van der Waals surface area (Å²) in [6.45, 7) is 3.78. The highest BCUT2D eigenvalue weighted by Gasteiger charge is 2.03. The summed E-state index contributed by atoms with van der Waals surface area (Å²) in [6.07, 6.45) is 0.296. The van der Waals surface area contributed by atoms with Crippen LogP contribution in [0.1, 0.15) is 18.1 Å². The minimum Gasteiger partial charge on any atom is -0.393 e.